The minimum absolute atomic E-state index is 0.102. The summed E-state index contributed by atoms with van der Waals surface area (Å²) in [5.41, 5.74) is 0. The molecule has 2 rings (SSSR count). The van der Waals surface area contributed by atoms with Crippen molar-refractivity contribution in [3.63, 3.8) is 0 Å². The second kappa shape index (κ2) is 4.80. The SMILES string of the molecule is C[Si](C)(C)C1(C2([SiH3])CCCCO2)CCCCO1. The topological polar surface area (TPSA) is 18.5 Å². The second-order valence-corrected chi connectivity index (χ2v) is 13.8. The van der Waals surface area contributed by atoms with E-state index in [0.717, 1.165) is 23.5 Å². The van der Waals surface area contributed by atoms with Crippen LogP contribution in [-0.2, 0) is 9.47 Å². The molecular formula is C13H28O2Si2. The monoisotopic (exact) mass is 272 g/mol. The Morgan fingerprint density at radius 1 is 0.882 bits per heavy atom. The van der Waals surface area contributed by atoms with E-state index in [1.54, 1.807) is 0 Å². The van der Waals surface area contributed by atoms with Gasteiger partial charge in [-0.25, -0.2) is 0 Å². The molecule has 0 aromatic rings. The van der Waals surface area contributed by atoms with Gasteiger partial charge < -0.3 is 9.47 Å². The maximum atomic E-state index is 6.44. The third-order valence-electron chi connectivity index (χ3n) is 4.81. The van der Waals surface area contributed by atoms with Gasteiger partial charge in [-0.2, -0.15) is 0 Å². The lowest BCUT2D eigenvalue weighted by Crippen LogP contribution is -2.71. The molecule has 0 spiro atoms. The van der Waals surface area contributed by atoms with Crippen LogP contribution in [-0.4, -0.2) is 42.0 Å². The molecule has 0 N–H and O–H groups in total. The van der Waals surface area contributed by atoms with Crippen molar-refractivity contribution in [3.8, 4) is 0 Å². The first kappa shape index (κ1) is 13.8. The molecule has 0 amide bonds. The van der Waals surface area contributed by atoms with Crippen LogP contribution in [0.4, 0.5) is 0 Å². The van der Waals surface area contributed by atoms with Gasteiger partial charge in [0.25, 0.3) is 0 Å². The maximum absolute atomic E-state index is 6.44. The third-order valence-corrected chi connectivity index (χ3v) is 10.2. The van der Waals surface area contributed by atoms with E-state index in [-0.39, 0.29) is 10.4 Å². The van der Waals surface area contributed by atoms with Crippen molar-refractivity contribution in [1.82, 2.24) is 0 Å². The normalized spacial score (nSPS) is 40.4. The molecular weight excluding hydrogens is 244 g/mol. The Balaban J connectivity index is 2.31. The van der Waals surface area contributed by atoms with E-state index >= 15 is 0 Å². The van der Waals surface area contributed by atoms with E-state index < -0.39 is 8.07 Å². The first-order valence-corrected chi connectivity index (χ1v) is 11.7. The molecule has 17 heavy (non-hydrogen) atoms. The van der Waals surface area contributed by atoms with Crippen LogP contribution in [0.25, 0.3) is 0 Å². The van der Waals surface area contributed by atoms with Gasteiger partial charge in [0.2, 0.25) is 0 Å². The van der Waals surface area contributed by atoms with Crippen LogP contribution < -0.4 is 0 Å². The Morgan fingerprint density at radius 3 is 1.88 bits per heavy atom. The van der Waals surface area contributed by atoms with Gasteiger partial charge in [-0.15, -0.1) is 0 Å². The lowest BCUT2D eigenvalue weighted by Gasteiger charge is -2.57. The van der Waals surface area contributed by atoms with Crippen molar-refractivity contribution in [3.05, 3.63) is 0 Å². The van der Waals surface area contributed by atoms with Crippen molar-refractivity contribution in [2.45, 2.75) is 68.6 Å². The summed E-state index contributed by atoms with van der Waals surface area (Å²) >= 11 is 0. The minimum atomic E-state index is -1.38. The summed E-state index contributed by atoms with van der Waals surface area (Å²) in [6.07, 6.45) is 7.63. The van der Waals surface area contributed by atoms with Crippen LogP contribution in [0.1, 0.15) is 38.5 Å². The molecule has 0 bridgehead atoms. The van der Waals surface area contributed by atoms with Gasteiger partial charge in [0.15, 0.2) is 0 Å². The Labute approximate surface area is 110 Å². The summed E-state index contributed by atoms with van der Waals surface area (Å²) in [6.45, 7) is 9.32. The van der Waals surface area contributed by atoms with Gasteiger partial charge >= 0.3 is 0 Å². The largest absolute Gasteiger partial charge is 0.377 e. The molecule has 2 heterocycles. The first-order valence-electron chi connectivity index (χ1n) is 7.19. The fourth-order valence-corrected chi connectivity index (χ4v) is 10.3. The van der Waals surface area contributed by atoms with Gasteiger partial charge in [-0.3, -0.25) is 0 Å². The molecule has 4 heteroatoms. The fraction of sp³-hybridized carbons (Fsp3) is 1.00. The van der Waals surface area contributed by atoms with Gasteiger partial charge in [0, 0.05) is 23.5 Å². The van der Waals surface area contributed by atoms with Crippen LogP contribution in [0, 0.1) is 0 Å². The number of hydrogen-bond donors (Lipinski definition) is 0. The van der Waals surface area contributed by atoms with Gasteiger partial charge in [0.05, 0.1) is 18.5 Å². The zero-order chi connectivity index (χ0) is 12.6. The summed E-state index contributed by atoms with van der Waals surface area (Å²) in [7, 11) is -0.266. The van der Waals surface area contributed by atoms with Crippen molar-refractivity contribution in [1.29, 1.82) is 0 Å². The standard InChI is InChI=1S/C13H28O2Si2/c1-17(2,3)13(9-5-7-11-15-13)12(16)8-4-6-10-14-12/h4-11H2,1-3,16H3. The Hall–Kier alpha value is 0.354. The Morgan fingerprint density at radius 2 is 1.47 bits per heavy atom. The van der Waals surface area contributed by atoms with Crippen LogP contribution in [0.3, 0.4) is 0 Å². The second-order valence-electron chi connectivity index (χ2n) is 6.92. The van der Waals surface area contributed by atoms with Crippen LogP contribution in [0.5, 0.6) is 0 Å². The first-order chi connectivity index (χ1) is 7.91. The average Bonchev–Trinajstić information content (AvgIpc) is 2.29. The molecule has 2 unspecified atom stereocenters. The molecule has 2 nitrogen and oxygen atoms in total. The van der Waals surface area contributed by atoms with E-state index in [1.165, 1.54) is 38.5 Å². The van der Waals surface area contributed by atoms with E-state index in [4.69, 9.17) is 9.47 Å². The molecule has 2 fully saturated rings. The number of rotatable bonds is 2. The van der Waals surface area contributed by atoms with Crippen LogP contribution >= 0.6 is 0 Å². The highest BCUT2D eigenvalue weighted by Crippen LogP contribution is 2.46. The minimum Gasteiger partial charge on any atom is -0.377 e. The van der Waals surface area contributed by atoms with E-state index in [2.05, 4.69) is 19.6 Å². The quantitative estimate of drug-likeness (QED) is 0.717. The Kier molecular flexibility index (Phi) is 3.89. The highest BCUT2D eigenvalue weighted by atomic mass is 28.3. The molecule has 2 aliphatic rings. The van der Waals surface area contributed by atoms with Gasteiger partial charge in [-0.1, -0.05) is 19.6 Å². The predicted octanol–water partition coefficient (Wildman–Crippen LogP) is 2.07. The van der Waals surface area contributed by atoms with E-state index in [9.17, 15) is 0 Å². The van der Waals surface area contributed by atoms with Crippen LogP contribution in [0.15, 0.2) is 0 Å². The van der Waals surface area contributed by atoms with Crippen molar-refractivity contribution in [2.75, 3.05) is 13.2 Å². The van der Waals surface area contributed by atoms with Crippen molar-refractivity contribution >= 4 is 18.3 Å². The van der Waals surface area contributed by atoms with Crippen LogP contribution in [0.2, 0.25) is 19.6 Å². The molecule has 0 saturated carbocycles. The number of hydrogen-bond acceptors (Lipinski definition) is 2. The molecule has 0 radical (unpaired) electrons. The molecule has 2 atom stereocenters. The third kappa shape index (κ3) is 2.29. The smallest absolute Gasteiger partial charge is 0.0857 e. The highest BCUT2D eigenvalue weighted by Gasteiger charge is 2.58. The predicted molar refractivity (Wildman–Crippen MR) is 78.4 cm³/mol. The summed E-state index contributed by atoms with van der Waals surface area (Å²) in [6, 6.07) is 0. The molecule has 0 aromatic heterocycles. The van der Waals surface area contributed by atoms with E-state index in [1.807, 2.05) is 0 Å². The van der Waals surface area contributed by atoms with E-state index in [0.29, 0.717) is 0 Å². The van der Waals surface area contributed by atoms with Gasteiger partial charge in [-0.05, 0) is 38.5 Å². The summed E-state index contributed by atoms with van der Waals surface area (Å²) in [5, 5.41) is 0.209. The van der Waals surface area contributed by atoms with Crippen molar-refractivity contribution < 1.29 is 9.47 Å². The number of ether oxygens (including phenoxy) is 2. The highest BCUT2D eigenvalue weighted by molar-refractivity contribution is 6.80. The average molecular weight is 273 g/mol. The summed E-state index contributed by atoms with van der Waals surface area (Å²) in [4.78, 5) is 0. The fourth-order valence-electron chi connectivity index (χ4n) is 3.85. The molecule has 100 valence electrons. The zero-order valence-corrected chi connectivity index (χ0v) is 15.0. The molecule has 2 saturated heterocycles. The Bertz CT molecular complexity index is 261. The lowest BCUT2D eigenvalue weighted by atomic mass is 9.96. The summed E-state index contributed by atoms with van der Waals surface area (Å²) < 4.78 is 12.8. The zero-order valence-electron chi connectivity index (χ0n) is 12.0. The van der Waals surface area contributed by atoms with Crippen molar-refractivity contribution in [2.24, 2.45) is 0 Å². The van der Waals surface area contributed by atoms with Gasteiger partial charge in [0.1, 0.15) is 0 Å². The summed E-state index contributed by atoms with van der Waals surface area (Å²) in [5.74, 6) is 0. The molecule has 2 aliphatic heterocycles. The lowest BCUT2D eigenvalue weighted by molar-refractivity contribution is -0.163. The maximum Gasteiger partial charge on any atom is 0.0857 e. The molecule has 0 aliphatic carbocycles. The molecule has 0 aromatic carbocycles.